The molecular formula is C11H16N4O. The van der Waals surface area contributed by atoms with E-state index in [-0.39, 0.29) is 12.5 Å². The van der Waals surface area contributed by atoms with Crippen LogP contribution in [0.4, 0.5) is 5.82 Å². The van der Waals surface area contributed by atoms with E-state index in [0.29, 0.717) is 18.9 Å². The standard InChI is InChI=1S/C11H16N4O/c1-3-6-14(7-4-2)11(16)9-15-8-5-10(12)13-15/h3-5,8H,1-2,6-7,9H2,(H2,12,13). The fourth-order valence-corrected chi connectivity index (χ4v) is 1.29. The van der Waals surface area contributed by atoms with Crippen molar-refractivity contribution >= 4 is 11.7 Å². The predicted molar refractivity (Wildman–Crippen MR) is 63.6 cm³/mol. The monoisotopic (exact) mass is 220 g/mol. The van der Waals surface area contributed by atoms with Crippen molar-refractivity contribution in [2.75, 3.05) is 18.8 Å². The highest BCUT2D eigenvalue weighted by Crippen LogP contribution is 1.98. The van der Waals surface area contributed by atoms with Crippen LogP contribution in [0.5, 0.6) is 0 Å². The molecule has 1 aromatic rings. The SMILES string of the molecule is C=CCN(CC=C)C(=O)Cn1ccc(N)n1. The molecule has 1 heterocycles. The quantitative estimate of drug-likeness (QED) is 0.716. The summed E-state index contributed by atoms with van der Waals surface area (Å²) in [6.45, 7) is 8.39. The Balaban J connectivity index is 2.60. The summed E-state index contributed by atoms with van der Waals surface area (Å²) < 4.78 is 1.51. The molecule has 0 spiro atoms. The maximum absolute atomic E-state index is 11.8. The van der Waals surface area contributed by atoms with Crippen LogP contribution in [-0.2, 0) is 11.3 Å². The molecule has 1 aromatic heterocycles. The van der Waals surface area contributed by atoms with E-state index in [2.05, 4.69) is 18.3 Å². The van der Waals surface area contributed by atoms with Gasteiger partial charge in [-0.05, 0) is 6.07 Å². The van der Waals surface area contributed by atoms with Crippen molar-refractivity contribution in [1.82, 2.24) is 14.7 Å². The maximum Gasteiger partial charge on any atom is 0.244 e. The fraction of sp³-hybridized carbons (Fsp3) is 0.273. The van der Waals surface area contributed by atoms with Gasteiger partial charge in [-0.2, -0.15) is 5.10 Å². The predicted octanol–water partition coefficient (Wildman–Crippen LogP) is 0.666. The molecule has 0 aliphatic carbocycles. The van der Waals surface area contributed by atoms with E-state index in [1.807, 2.05) is 0 Å². The van der Waals surface area contributed by atoms with E-state index < -0.39 is 0 Å². The first-order chi connectivity index (χ1) is 7.67. The van der Waals surface area contributed by atoms with Crippen molar-refractivity contribution in [2.24, 2.45) is 0 Å². The first-order valence-electron chi connectivity index (χ1n) is 4.96. The number of carbonyl (C=O) groups is 1. The van der Waals surface area contributed by atoms with Crippen LogP contribution in [0.1, 0.15) is 0 Å². The number of nitrogen functional groups attached to an aromatic ring is 1. The smallest absolute Gasteiger partial charge is 0.244 e. The van der Waals surface area contributed by atoms with Crippen molar-refractivity contribution in [3.63, 3.8) is 0 Å². The van der Waals surface area contributed by atoms with Crippen LogP contribution in [0.3, 0.4) is 0 Å². The van der Waals surface area contributed by atoms with Crippen molar-refractivity contribution in [3.8, 4) is 0 Å². The average molecular weight is 220 g/mol. The van der Waals surface area contributed by atoms with E-state index in [9.17, 15) is 4.79 Å². The number of nitrogens with zero attached hydrogens (tertiary/aromatic N) is 3. The second-order valence-corrected chi connectivity index (χ2v) is 3.31. The zero-order valence-corrected chi connectivity index (χ0v) is 9.17. The second kappa shape index (κ2) is 5.75. The van der Waals surface area contributed by atoms with Crippen LogP contribution in [0.15, 0.2) is 37.6 Å². The van der Waals surface area contributed by atoms with Gasteiger partial charge in [0.25, 0.3) is 0 Å². The molecule has 1 amide bonds. The molecule has 5 heteroatoms. The lowest BCUT2D eigenvalue weighted by atomic mass is 10.4. The van der Waals surface area contributed by atoms with Gasteiger partial charge in [0.2, 0.25) is 5.91 Å². The van der Waals surface area contributed by atoms with Crippen LogP contribution in [-0.4, -0.2) is 33.7 Å². The summed E-state index contributed by atoms with van der Waals surface area (Å²) in [5.74, 6) is 0.370. The third kappa shape index (κ3) is 3.27. The Hall–Kier alpha value is -2.04. The molecule has 0 radical (unpaired) electrons. The topological polar surface area (TPSA) is 64.2 Å². The van der Waals surface area contributed by atoms with E-state index in [1.165, 1.54) is 4.68 Å². The number of hydrogen-bond acceptors (Lipinski definition) is 3. The number of anilines is 1. The molecule has 0 atom stereocenters. The number of hydrogen-bond donors (Lipinski definition) is 1. The minimum Gasteiger partial charge on any atom is -0.382 e. The zero-order valence-electron chi connectivity index (χ0n) is 9.17. The molecule has 0 aliphatic rings. The summed E-state index contributed by atoms with van der Waals surface area (Å²) >= 11 is 0. The molecule has 1 rings (SSSR count). The van der Waals surface area contributed by atoms with Gasteiger partial charge in [0.05, 0.1) is 0 Å². The summed E-state index contributed by atoms with van der Waals surface area (Å²) in [5, 5.41) is 3.95. The van der Waals surface area contributed by atoms with Gasteiger partial charge in [0.15, 0.2) is 0 Å². The summed E-state index contributed by atoms with van der Waals surface area (Å²) in [6, 6.07) is 1.65. The lowest BCUT2D eigenvalue weighted by molar-refractivity contribution is -0.131. The molecule has 0 fully saturated rings. The number of aromatic nitrogens is 2. The van der Waals surface area contributed by atoms with Crippen molar-refractivity contribution in [3.05, 3.63) is 37.6 Å². The van der Waals surface area contributed by atoms with Gasteiger partial charge < -0.3 is 10.6 Å². The Morgan fingerprint density at radius 2 is 2.12 bits per heavy atom. The molecule has 0 unspecified atom stereocenters. The Bertz CT molecular complexity index is 373. The minimum absolute atomic E-state index is 0.0390. The van der Waals surface area contributed by atoms with Gasteiger partial charge in [-0.25, -0.2) is 0 Å². The molecule has 5 nitrogen and oxygen atoms in total. The molecule has 0 aromatic carbocycles. The molecule has 86 valence electrons. The number of carbonyl (C=O) groups excluding carboxylic acids is 1. The van der Waals surface area contributed by atoms with E-state index in [1.54, 1.807) is 29.3 Å². The molecule has 2 N–H and O–H groups in total. The van der Waals surface area contributed by atoms with Crippen LogP contribution >= 0.6 is 0 Å². The van der Waals surface area contributed by atoms with Gasteiger partial charge in [-0.15, -0.1) is 13.2 Å². The Morgan fingerprint density at radius 3 is 2.56 bits per heavy atom. The lowest BCUT2D eigenvalue weighted by Gasteiger charge is -2.18. The van der Waals surface area contributed by atoms with E-state index in [0.717, 1.165) is 0 Å². The molecule has 16 heavy (non-hydrogen) atoms. The van der Waals surface area contributed by atoms with Gasteiger partial charge in [0.1, 0.15) is 12.4 Å². The number of rotatable bonds is 6. The maximum atomic E-state index is 11.8. The van der Waals surface area contributed by atoms with E-state index >= 15 is 0 Å². The summed E-state index contributed by atoms with van der Waals surface area (Å²) in [4.78, 5) is 13.5. The first kappa shape index (κ1) is 12.0. The van der Waals surface area contributed by atoms with Gasteiger partial charge in [0, 0.05) is 19.3 Å². The van der Waals surface area contributed by atoms with Crippen LogP contribution < -0.4 is 5.73 Å². The highest BCUT2D eigenvalue weighted by Gasteiger charge is 2.11. The fourth-order valence-electron chi connectivity index (χ4n) is 1.29. The van der Waals surface area contributed by atoms with Crippen LogP contribution in [0, 0.1) is 0 Å². The molecule has 0 saturated carbocycles. The first-order valence-corrected chi connectivity index (χ1v) is 4.96. The zero-order chi connectivity index (χ0) is 12.0. The largest absolute Gasteiger partial charge is 0.382 e. The van der Waals surface area contributed by atoms with Crippen molar-refractivity contribution < 1.29 is 4.79 Å². The molecule has 0 aliphatic heterocycles. The second-order valence-electron chi connectivity index (χ2n) is 3.31. The van der Waals surface area contributed by atoms with E-state index in [4.69, 9.17) is 5.73 Å². The molecule has 0 saturated heterocycles. The third-order valence-electron chi connectivity index (χ3n) is 2.01. The number of amides is 1. The van der Waals surface area contributed by atoms with Crippen LogP contribution in [0.25, 0.3) is 0 Å². The normalized spacial score (nSPS) is 9.75. The Labute approximate surface area is 94.8 Å². The Kier molecular flexibility index (Phi) is 4.32. The Morgan fingerprint density at radius 1 is 1.50 bits per heavy atom. The highest BCUT2D eigenvalue weighted by molar-refractivity contribution is 5.76. The third-order valence-corrected chi connectivity index (χ3v) is 2.01. The summed E-state index contributed by atoms with van der Waals surface area (Å²) in [7, 11) is 0. The van der Waals surface area contributed by atoms with Gasteiger partial charge in [-0.1, -0.05) is 12.2 Å². The molecular weight excluding hydrogens is 204 g/mol. The van der Waals surface area contributed by atoms with Gasteiger partial charge >= 0.3 is 0 Å². The lowest BCUT2D eigenvalue weighted by Crippen LogP contribution is -2.34. The summed E-state index contributed by atoms with van der Waals surface area (Å²) in [6.07, 6.45) is 5.03. The van der Waals surface area contributed by atoms with Crippen LogP contribution in [0.2, 0.25) is 0 Å². The van der Waals surface area contributed by atoms with Crippen molar-refractivity contribution in [1.29, 1.82) is 0 Å². The minimum atomic E-state index is -0.0390. The molecule has 0 bridgehead atoms. The highest BCUT2D eigenvalue weighted by atomic mass is 16.2. The number of nitrogens with two attached hydrogens (primary N) is 1. The average Bonchev–Trinajstić information content (AvgIpc) is 2.63. The summed E-state index contributed by atoms with van der Waals surface area (Å²) in [5.41, 5.74) is 5.46. The van der Waals surface area contributed by atoms with Crippen molar-refractivity contribution in [2.45, 2.75) is 6.54 Å². The van der Waals surface area contributed by atoms with Gasteiger partial charge in [-0.3, -0.25) is 9.48 Å².